The summed E-state index contributed by atoms with van der Waals surface area (Å²) in [6.07, 6.45) is 3.39. The van der Waals surface area contributed by atoms with E-state index in [1.165, 1.54) is 13.8 Å². The van der Waals surface area contributed by atoms with Gasteiger partial charge in [-0.3, -0.25) is 19.6 Å². The molecule has 0 spiro atoms. The highest BCUT2D eigenvalue weighted by atomic mass is 35.5. The SMILES string of the molecule is COc1ccc2ncc(COc3ccc(COC(=O)C(C)(C)C(=O)OCc4ccc(OCc5cnc6ccc(OC)cc6c5OC(C)C)cc4)cc3)c(OC(C)C)c2c1.Cl. The minimum absolute atomic E-state index is 0. The van der Waals surface area contributed by atoms with Gasteiger partial charge in [0.25, 0.3) is 0 Å². The van der Waals surface area contributed by atoms with Gasteiger partial charge < -0.3 is 37.9 Å². The van der Waals surface area contributed by atoms with Gasteiger partial charge in [-0.1, -0.05) is 24.3 Å². The molecular formula is C47H51ClN2O10. The number of aromatic nitrogens is 2. The van der Waals surface area contributed by atoms with Crippen molar-refractivity contribution in [1.82, 2.24) is 9.97 Å². The van der Waals surface area contributed by atoms with Crippen LogP contribution in [0.2, 0.25) is 0 Å². The van der Waals surface area contributed by atoms with E-state index in [1.807, 2.05) is 64.1 Å². The van der Waals surface area contributed by atoms with Crippen LogP contribution in [0.1, 0.15) is 63.8 Å². The molecule has 13 heteroatoms. The first-order valence-corrected chi connectivity index (χ1v) is 19.4. The van der Waals surface area contributed by atoms with Gasteiger partial charge in [0.05, 0.1) is 48.6 Å². The Balaban J connectivity index is 0.00000683. The van der Waals surface area contributed by atoms with Crippen molar-refractivity contribution in [2.75, 3.05) is 14.2 Å². The fourth-order valence-electron chi connectivity index (χ4n) is 6.01. The second-order valence-corrected chi connectivity index (χ2v) is 15.0. The zero-order chi connectivity index (χ0) is 42.1. The number of benzene rings is 4. The number of hydrogen-bond donors (Lipinski definition) is 0. The molecule has 6 aromatic rings. The van der Waals surface area contributed by atoms with Crippen LogP contribution < -0.4 is 28.4 Å². The normalized spacial score (nSPS) is 11.2. The van der Waals surface area contributed by atoms with Crippen LogP contribution in [-0.4, -0.2) is 48.3 Å². The Morgan fingerprint density at radius 2 is 0.917 bits per heavy atom. The first kappa shape index (κ1) is 44.8. The molecule has 0 unspecified atom stereocenters. The maximum absolute atomic E-state index is 13.1. The monoisotopic (exact) mass is 838 g/mol. The number of carbonyl (C=O) groups excluding carboxylic acids is 2. The van der Waals surface area contributed by atoms with Gasteiger partial charge in [-0.15, -0.1) is 12.4 Å². The number of esters is 2. The van der Waals surface area contributed by atoms with Gasteiger partial charge in [0.1, 0.15) is 60.9 Å². The van der Waals surface area contributed by atoms with Crippen LogP contribution in [0.5, 0.6) is 34.5 Å². The molecule has 0 aliphatic rings. The quantitative estimate of drug-likeness (QED) is 0.0603. The Kier molecular flexibility index (Phi) is 15.0. The lowest BCUT2D eigenvalue weighted by molar-refractivity contribution is -0.171. The molecule has 4 aromatic carbocycles. The Morgan fingerprint density at radius 1 is 0.550 bits per heavy atom. The van der Waals surface area contributed by atoms with Gasteiger partial charge in [-0.25, -0.2) is 0 Å². The van der Waals surface area contributed by atoms with E-state index in [0.29, 0.717) is 34.5 Å². The van der Waals surface area contributed by atoms with Crippen molar-refractivity contribution in [3.05, 3.63) is 120 Å². The molecule has 0 radical (unpaired) electrons. The van der Waals surface area contributed by atoms with E-state index in [1.54, 1.807) is 75.1 Å². The predicted molar refractivity (Wildman–Crippen MR) is 230 cm³/mol. The Morgan fingerprint density at radius 3 is 1.27 bits per heavy atom. The highest BCUT2D eigenvalue weighted by molar-refractivity contribution is 5.99. The summed E-state index contributed by atoms with van der Waals surface area (Å²) in [6, 6.07) is 25.6. The van der Waals surface area contributed by atoms with E-state index in [-0.39, 0.29) is 51.0 Å². The zero-order valence-electron chi connectivity index (χ0n) is 35.1. The molecule has 0 amide bonds. The molecule has 0 aliphatic carbocycles. The van der Waals surface area contributed by atoms with Crippen molar-refractivity contribution in [3.63, 3.8) is 0 Å². The van der Waals surface area contributed by atoms with E-state index >= 15 is 0 Å². The van der Waals surface area contributed by atoms with E-state index < -0.39 is 17.4 Å². The number of rotatable bonds is 18. The third kappa shape index (κ3) is 11.1. The summed E-state index contributed by atoms with van der Waals surface area (Å²) >= 11 is 0. The molecule has 0 aliphatic heterocycles. The number of pyridine rings is 2. The smallest absolute Gasteiger partial charge is 0.323 e. The molecule has 0 saturated carbocycles. The summed E-state index contributed by atoms with van der Waals surface area (Å²) in [5, 5.41) is 1.67. The number of methoxy groups -OCH3 is 2. The lowest BCUT2D eigenvalue weighted by atomic mass is 9.94. The van der Waals surface area contributed by atoms with Gasteiger partial charge in [0.2, 0.25) is 0 Å². The zero-order valence-corrected chi connectivity index (χ0v) is 35.9. The molecule has 0 atom stereocenters. The maximum atomic E-state index is 13.1. The standard InChI is InChI=1S/C47H50N2O10.ClH/c1-29(2)58-43-33(23-48-41-19-17-37(52-7)21-39(41)43)27-54-35-13-9-31(10-14-35)25-56-45(50)47(5,6)46(51)57-26-32-11-15-36(16-12-32)55-28-34-24-49-42-20-18-38(53-8)22-40(42)44(34)59-30(3)4;/h9-24,29-30H,25-28H2,1-8H3;1H. The molecule has 0 saturated heterocycles. The second-order valence-electron chi connectivity index (χ2n) is 15.0. The Bertz CT molecular complexity index is 2230. The van der Waals surface area contributed by atoms with Crippen molar-refractivity contribution >= 4 is 46.2 Å². The molecule has 0 bridgehead atoms. The van der Waals surface area contributed by atoms with Crippen molar-refractivity contribution in [1.29, 1.82) is 0 Å². The van der Waals surface area contributed by atoms with Crippen LogP contribution in [0, 0.1) is 5.41 Å². The molecule has 2 heterocycles. The van der Waals surface area contributed by atoms with Crippen LogP contribution in [0.25, 0.3) is 21.8 Å². The topological polar surface area (TPSA) is 134 Å². The van der Waals surface area contributed by atoms with Crippen molar-refractivity contribution in [2.45, 2.75) is 80.2 Å². The van der Waals surface area contributed by atoms with E-state index in [4.69, 9.17) is 37.9 Å². The van der Waals surface area contributed by atoms with Crippen molar-refractivity contribution in [3.8, 4) is 34.5 Å². The van der Waals surface area contributed by atoms with E-state index in [0.717, 1.165) is 44.1 Å². The van der Waals surface area contributed by atoms with Gasteiger partial charge in [-0.2, -0.15) is 0 Å². The minimum atomic E-state index is -1.53. The van der Waals surface area contributed by atoms with Gasteiger partial charge in [0, 0.05) is 23.2 Å². The number of fused-ring (bicyclic) bond motifs is 2. The predicted octanol–water partition coefficient (Wildman–Crippen LogP) is 9.77. The van der Waals surface area contributed by atoms with E-state index in [9.17, 15) is 9.59 Å². The number of nitrogens with zero attached hydrogens (tertiary/aromatic N) is 2. The van der Waals surface area contributed by atoms with Crippen LogP contribution in [-0.2, 0) is 45.5 Å². The molecule has 60 heavy (non-hydrogen) atoms. The third-order valence-electron chi connectivity index (χ3n) is 9.30. The second kappa shape index (κ2) is 20.1. The van der Waals surface area contributed by atoms with Crippen molar-refractivity contribution < 1.29 is 47.5 Å². The number of hydrogen-bond acceptors (Lipinski definition) is 12. The summed E-state index contributed by atoms with van der Waals surface area (Å²) in [5.41, 5.74) is 3.07. The van der Waals surface area contributed by atoms with E-state index in [2.05, 4.69) is 9.97 Å². The van der Waals surface area contributed by atoms with Gasteiger partial charge >= 0.3 is 11.9 Å². The number of halogens is 1. The Labute approximate surface area is 356 Å². The lowest BCUT2D eigenvalue weighted by Crippen LogP contribution is -2.36. The Hall–Kier alpha value is -6.27. The molecule has 12 nitrogen and oxygen atoms in total. The first-order chi connectivity index (χ1) is 28.3. The minimum Gasteiger partial charge on any atom is -0.497 e. The summed E-state index contributed by atoms with van der Waals surface area (Å²) in [4.78, 5) is 35.3. The molecular weight excluding hydrogens is 788 g/mol. The van der Waals surface area contributed by atoms with Crippen LogP contribution >= 0.6 is 12.4 Å². The van der Waals surface area contributed by atoms with Crippen LogP contribution in [0.15, 0.2) is 97.3 Å². The van der Waals surface area contributed by atoms with Crippen LogP contribution in [0.3, 0.4) is 0 Å². The summed E-state index contributed by atoms with van der Waals surface area (Å²) < 4.78 is 46.4. The van der Waals surface area contributed by atoms with Crippen molar-refractivity contribution in [2.24, 2.45) is 5.41 Å². The molecule has 316 valence electrons. The summed E-state index contributed by atoms with van der Waals surface area (Å²) in [7, 11) is 3.24. The lowest BCUT2D eigenvalue weighted by Gasteiger charge is -2.21. The van der Waals surface area contributed by atoms with Gasteiger partial charge in [-0.05, 0) is 113 Å². The molecule has 2 aromatic heterocycles. The van der Waals surface area contributed by atoms with Crippen LogP contribution in [0.4, 0.5) is 0 Å². The maximum Gasteiger partial charge on any atom is 0.323 e. The first-order valence-electron chi connectivity index (χ1n) is 19.4. The molecule has 0 N–H and O–H groups in total. The number of carbonyl (C=O) groups is 2. The molecule has 6 rings (SSSR count). The largest absolute Gasteiger partial charge is 0.497 e. The fourth-order valence-corrected chi connectivity index (χ4v) is 6.01. The number of ether oxygens (including phenoxy) is 8. The molecule has 0 fully saturated rings. The fraction of sp³-hybridized carbons (Fsp3) is 0.319. The summed E-state index contributed by atoms with van der Waals surface area (Å²) in [6.45, 7) is 11.2. The van der Waals surface area contributed by atoms with Gasteiger partial charge in [0.15, 0.2) is 5.41 Å². The average molecular weight is 839 g/mol. The third-order valence-corrected chi connectivity index (χ3v) is 9.30. The summed E-state index contributed by atoms with van der Waals surface area (Å²) in [5.74, 6) is 2.61. The highest BCUT2D eigenvalue weighted by Crippen LogP contribution is 2.35. The highest BCUT2D eigenvalue weighted by Gasteiger charge is 2.39. The average Bonchev–Trinajstić information content (AvgIpc) is 3.24.